The number of hydrogen-bond acceptors (Lipinski definition) is 2. The lowest BCUT2D eigenvalue weighted by Gasteiger charge is -2.42. The zero-order chi connectivity index (χ0) is 12.4. The molecule has 0 N–H and O–H groups in total. The van der Waals surface area contributed by atoms with E-state index in [0.29, 0.717) is 11.5 Å². The second kappa shape index (κ2) is 5.05. The van der Waals surface area contributed by atoms with Crippen LogP contribution < -0.4 is 0 Å². The molecule has 1 aliphatic heterocycles. The lowest BCUT2D eigenvalue weighted by atomic mass is 9.94. The van der Waals surface area contributed by atoms with E-state index in [2.05, 4.69) is 46.4 Å². The van der Waals surface area contributed by atoms with Crippen LogP contribution >= 0.6 is 0 Å². The number of likely N-dealkylation sites (tertiary alicyclic amines) is 1. The smallest absolute Gasteiger partial charge is 0.0598 e. The highest BCUT2D eigenvalue weighted by atomic mass is 16.5. The molecule has 0 aromatic carbocycles. The minimum Gasteiger partial charge on any atom is -0.376 e. The highest BCUT2D eigenvalue weighted by Crippen LogP contribution is 2.24. The van der Waals surface area contributed by atoms with Crippen LogP contribution in [0.25, 0.3) is 0 Å². The van der Waals surface area contributed by atoms with Crippen LogP contribution in [-0.2, 0) is 4.74 Å². The standard InChI is InChI=1S/C14H29NO/c1-13(2,3)15-9-7-8-12(10-15)11-16-14(4,5)6/h12H,7-11H2,1-6H3. The Labute approximate surface area is 101 Å². The average Bonchev–Trinajstić information content (AvgIpc) is 2.13. The molecule has 0 saturated carbocycles. The predicted octanol–water partition coefficient (Wildman–Crippen LogP) is 3.31. The normalized spacial score (nSPS) is 24.8. The van der Waals surface area contributed by atoms with Gasteiger partial charge in [0, 0.05) is 12.1 Å². The van der Waals surface area contributed by atoms with Crippen molar-refractivity contribution in [3.8, 4) is 0 Å². The van der Waals surface area contributed by atoms with E-state index in [1.165, 1.54) is 25.9 Å². The summed E-state index contributed by atoms with van der Waals surface area (Å²) in [6.45, 7) is 16.7. The maximum Gasteiger partial charge on any atom is 0.0598 e. The Kier molecular flexibility index (Phi) is 4.42. The van der Waals surface area contributed by atoms with Crippen molar-refractivity contribution in [3.05, 3.63) is 0 Å². The molecule has 0 bridgehead atoms. The first-order valence-electron chi connectivity index (χ1n) is 6.57. The quantitative estimate of drug-likeness (QED) is 0.717. The van der Waals surface area contributed by atoms with Crippen molar-refractivity contribution < 1.29 is 4.74 Å². The minimum atomic E-state index is 0.00398. The van der Waals surface area contributed by atoms with Crippen LogP contribution in [0.15, 0.2) is 0 Å². The van der Waals surface area contributed by atoms with Gasteiger partial charge in [-0.3, -0.25) is 4.90 Å². The zero-order valence-corrected chi connectivity index (χ0v) is 12.0. The first kappa shape index (κ1) is 14.0. The Bertz CT molecular complexity index is 212. The fourth-order valence-corrected chi connectivity index (χ4v) is 2.18. The predicted molar refractivity (Wildman–Crippen MR) is 69.8 cm³/mol. The second-order valence-corrected chi connectivity index (χ2v) is 7.05. The van der Waals surface area contributed by atoms with Crippen molar-refractivity contribution in [2.45, 2.75) is 65.5 Å². The van der Waals surface area contributed by atoms with Gasteiger partial charge >= 0.3 is 0 Å². The van der Waals surface area contributed by atoms with E-state index in [9.17, 15) is 0 Å². The van der Waals surface area contributed by atoms with Gasteiger partial charge in [-0.15, -0.1) is 0 Å². The van der Waals surface area contributed by atoms with Crippen molar-refractivity contribution in [3.63, 3.8) is 0 Å². The molecule has 1 heterocycles. The van der Waals surface area contributed by atoms with Gasteiger partial charge in [-0.05, 0) is 66.8 Å². The fraction of sp³-hybridized carbons (Fsp3) is 1.00. The maximum atomic E-state index is 5.90. The lowest BCUT2D eigenvalue weighted by molar-refractivity contribution is -0.0426. The summed E-state index contributed by atoms with van der Waals surface area (Å²) in [4.78, 5) is 2.59. The monoisotopic (exact) mass is 227 g/mol. The van der Waals surface area contributed by atoms with E-state index in [1.54, 1.807) is 0 Å². The molecule has 0 amide bonds. The molecule has 2 heteroatoms. The number of piperidine rings is 1. The number of ether oxygens (including phenoxy) is 1. The van der Waals surface area contributed by atoms with Crippen LogP contribution in [0.3, 0.4) is 0 Å². The Morgan fingerprint density at radius 1 is 1.12 bits per heavy atom. The van der Waals surface area contributed by atoms with E-state index in [1.807, 2.05) is 0 Å². The van der Waals surface area contributed by atoms with Crippen LogP contribution in [-0.4, -0.2) is 35.7 Å². The Morgan fingerprint density at radius 3 is 2.25 bits per heavy atom. The third-order valence-electron chi connectivity index (χ3n) is 3.22. The van der Waals surface area contributed by atoms with Gasteiger partial charge in [0.05, 0.1) is 12.2 Å². The molecule has 2 nitrogen and oxygen atoms in total. The van der Waals surface area contributed by atoms with Gasteiger partial charge < -0.3 is 4.74 Å². The molecule has 1 rings (SSSR count). The first-order chi connectivity index (χ1) is 7.18. The van der Waals surface area contributed by atoms with Crippen LogP contribution in [0.4, 0.5) is 0 Å². The third-order valence-corrected chi connectivity index (χ3v) is 3.22. The van der Waals surface area contributed by atoms with Gasteiger partial charge in [-0.1, -0.05) is 0 Å². The summed E-state index contributed by atoms with van der Waals surface area (Å²) in [7, 11) is 0. The van der Waals surface area contributed by atoms with Gasteiger partial charge in [0.1, 0.15) is 0 Å². The Balaban J connectivity index is 2.39. The molecular weight excluding hydrogens is 198 g/mol. The Morgan fingerprint density at radius 2 is 1.75 bits per heavy atom. The summed E-state index contributed by atoms with van der Waals surface area (Å²) < 4.78 is 5.90. The summed E-state index contributed by atoms with van der Waals surface area (Å²) >= 11 is 0. The summed E-state index contributed by atoms with van der Waals surface area (Å²) in [5, 5.41) is 0. The maximum absolute atomic E-state index is 5.90. The molecule has 16 heavy (non-hydrogen) atoms. The molecule has 0 aromatic rings. The van der Waals surface area contributed by atoms with Crippen LogP contribution in [0, 0.1) is 5.92 Å². The molecule has 1 unspecified atom stereocenters. The SMILES string of the molecule is CC(C)(C)OCC1CCCN(C(C)(C)C)C1. The Hall–Kier alpha value is -0.0800. The van der Waals surface area contributed by atoms with Gasteiger partial charge in [0.2, 0.25) is 0 Å². The minimum absolute atomic E-state index is 0.00398. The zero-order valence-electron chi connectivity index (χ0n) is 12.0. The molecule has 0 aromatic heterocycles. The van der Waals surface area contributed by atoms with Crippen LogP contribution in [0.5, 0.6) is 0 Å². The van der Waals surface area contributed by atoms with Gasteiger partial charge in [-0.25, -0.2) is 0 Å². The van der Waals surface area contributed by atoms with Gasteiger partial charge in [-0.2, -0.15) is 0 Å². The molecule has 0 radical (unpaired) electrons. The summed E-state index contributed by atoms with van der Waals surface area (Å²) in [5.74, 6) is 0.715. The van der Waals surface area contributed by atoms with E-state index in [0.717, 1.165) is 6.61 Å². The molecule has 1 atom stereocenters. The van der Waals surface area contributed by atoms with E-state index < -0.39 is 0 Å². The first-order valence-corrected chi connectivity index (χ1v) is 6.57. The highest BCUT2D eigenvalue weighted by Gasteiger charge is 2.28. The molecule has 1 aliphatic rings. The summed E-state index contributed by atoms with van der Waals surface area (Å²) in [6, 6.07) is 0. The van der Waals surface area contributed by atoms with Crippen LogP contribution in [0.1, 0.15) is 54.4 Å². The third kappa shape index (κ3) is 4.84. The van der Waals surface area contributed by atoms with Crippen molar-refractivity contribution >= 4 is 0 Å². The molecular formula is C14H29NO. The highest BCUT2D eigenvalue weighted by molar-refractivity contribution is 4.82. The average molecular weight is 227 g/mol. The largest absolute Gasteiger partial charge is 0.376 e. The topological polar surface area (TPSA) is 12.5 Å². The van der Waals surface area contributed by atoms with Crippen molar-refractivity contribution in [2.24, 2.45) is 5.92 Å². The van der Waals surface area contributed by atoms with E-state index in [-0.39, 0.29) is 5.60 Å². The summed E-state index contributed by atoms with van der Waals surface area (Å²) in [5.41, 5.74) is 0.310. The van der Waals surface area contributed by atoms with Gasteiger partial charge in [0.25, 0.3) is 0 Å². The van der Waals surface area contributed by atoms with E-state index >= 15 is 0 Å². The summed E-state index contributed by atoms with van der Waals surface area (Å²) in [6.07, 6.45) is 2.64. The molecule has 1 fully saturated rings. The van der Waals surface area contributed by atoms with Gasteiger partial charge in [0.15, 0.2) is 0 Å². The number of rotatable bonds is 2. The fourth-order valence-electron chi connectivity index (χ4n) is 2.18. The lowest BCUT2D eigenvalue weighted by Crippen LogP contribution is -2.48. The number of nitrogens with zero attached hydrogens (tertiary/aromatic N) is 1. The van der Waals surface area contributed by atoms with E-state index in [4.69, 9.17) is 4.74 Å². The number of hydrogen-bond donors (Lipinski definition) is 0. The molecule has 96 valence electrons. The van der Waals surface area contributed by atoms with Crippen molar-refractivity contribution in [1.29, 1.82) is 0 Å². The molecule has 0 aliphatic carbocycles. The molecule has 1 saturated heterocycles. The van der Waals surface area contributed by atoms with Crippen molar-refractivity contribution in [2.75, 3.05) is 19.7 Å². The second-order valence-electron chi connectivity index (χ2n) is 7.05. The van der Waals surface area contributed by atoms with Crippen LogP contribution in [0.2, 0.25) is 0 Å². The van der Waals surface area contributed by atoms with Crippen molar-refractivity contribution in [1.82, 2.24) is 4.90 Å². The molecule has 0 spiro atoms.